The number of rotatable bonds is 7. The van der Waals surface area contributed by atoms with Gasteiger partial charge in [-0.3, -0.25) is 0 Å². The van der Waals surface area contributed by atoms with Crippen LogP contribution in [0.4, 0.5) is 17.6 Å². The Bertz CT molecular complexity index is 782. The topological polar surface area (TPSA) is 112 Å². The van der Waals surface area contributed by atoms with E-state index in [4.69, 9.17) is 5.11 Å². The number of aromatic nitrogens is 2. The Morgan fingerprint density at radius 1 is 1.31 bits per heavy atom. The molecule has 3 N–H and O–H groups in total. The van der Waals surface area contributed by atoms with Crippen LogP contribution < -0.4 is 0 Å². The lowest BCUT2D eigenvalue weighted by molar-refractivity contribution is -0.140. The van der Waals surface area contributed by atoms with E-state index in [1.54, 1.807) is 0 Å². The molecule has 0 aliphatic rings. The Morgan fingerprint density at radius 2 is 2.04 bits per heavy atom. The van der Waals surface area contributed by atoms with Crippen LogP contribution in [0, 0.1) is 5.82 Å². The summed E-state index contributed by atoms with van der Waals surface area (Å²) in [4.78, 5) is 0. The highest BCUT2D eigenvalue weighted by Crippen LogP contribution is 2.32. The number of aliphatic hydroxyl groups excluding tert-OH is 2. The fourth-order valence-corrected chi connectivity index (χ4v) is 2.77. The number of halogens is 4. The fraction of sp³-hybridized carbons (Fsp3) is 0.357. The van der Waals surface area contributed by atoms with Crippen molar-refractivity contribution in [1.29, 1.82) is 0 Å². The first-order valence-corrected chi connectivity index (χ1v) is 8.06. The summed E-state index contributed by atoms with van der Waals surface area (Å²) in [6.45, 7) is -0.482. The Morgan fingerprint density at radius 3 is 2.65 bits per heavy atom. The summed E-state index contributed by atoms with van der Waals surface area (Å²) in [5.74, 6) is -1.38. The standard InChI is InChI=1S/C14H13F4N3O4S/c15-10-2-1-7(3-9(10)14(16,17)18)4-11(19-24)12-13(21-25-20-12)26-6-8(23)5-22/h1-3,8,22-24H,4-6H2/b19-11+/t8-/m0/s1. The van der Waals surface area contributed by atoms with E-state index in [9.17, 15) is 27.9 Å². The quantitative estimate of drug-likeness (QED) is 0.216. The van der Waals surface area contributed by atoms with Gasteiger partial charge in [-0.25, -0.2) is 9.02 Å². The molecule has 2 aromatic rings. The summed E-state index contributed by atoms with van der Waals surface area (Å²) in [5.41, 5.74) is -1.61. The highest BCUT2D eigenvalue weighted by atomic mass is 32.2. The number of hydrogen-bond acceptors (Lipinski definition) is 8. The van der Waals surface area contributed by atoms with E-state index in [0.717, 1.165) is 17.8 Å². The monoisotopic (exact) mass is 395 g/mol. The summed E-state index contributed by atoms with van der Waals surface area (Å²) in [7, 11) is 0. The number of benzene rings is 1. The van der Waals surface area contributed by atoms with Gasteiger partial charge in [-0.15, -0.1) is 0 Å². The first-order chi connectivity index (χ1) is 12.3. The Kier molecular flexibility index (Phi) is 6.56. The summed E-state index contributed by atoms with van der Waals surface area (Å²) >= 11 is 0.941. The normalized spacial score (nSPS) is 13.8. The molecule has 1 aromatic carbocycles. The molecule has 7 nitrogen and oxygen atoms in total. The van der Waals surface area contributed by atoms with E-state index in [1.807, 2.05) is 0 Å². The maximum absolute atomic E-state index is 13.3. The maximum Gasteiger partial charge on any atom is 0.419 e. The third kappa shape index (κ3) is 4.93. The van der Waals surface area contributed by atoms with Crippen LogP contribution in [0.2, 0.25) is 0 Å². The smallest absolute Gasteiger partial charge is 0.411 e. The van der Waals surface area contributed by atoms with Crippen molar-refractivity contribution >= 4 is 17.5 Å². The molecule has 142 valence electrons. The molecular weight excluding hydrogens is 382 g/mol. The number of nitrogens with zero attached hydrogens (tertiary/aromatic N) is 3. The maximum atomic E-state index is 13.3. The number of aliphatic hydroxyl groups is 2. The van der Waals surface area contributed by atoms with E-state index in [1.165, 1.54) is 0 Å². The zero-order valence-electron chi connectivity index (χ0n) is 12.9. The van der Waals surface area contributed by atoms with E-state index < -0.39 is 30.3 Å². The zero-order chi connectivity index (χ0) is 19.3. The Labute approximate surface area is 148 Å². The van der Waals surface area contributed by atoms with Crippen molar-refractivity contribution in [1.82, 2.24) is 10.3 Å². The Hall–Kier alpha value is -2.18. The minimum absolute atomic E-state index is 0.0286. The molecule has 12 heteroatoms. The minimum atomic E-state index is -4.87. The van der Waals surface area contributed by atoms with Crippen LogP contribution in [-0.2, 0) is 12.6 Å². The molecule has 0 amide bonds. The van der Waals surface area contributed by atoms with Crippen molar-refractivity contribution in [3.8, 4) is 0 Å². The van der Waals surface area contributed by atoms with Crippen LogP contribution in [0.25, 0.3) is 0 Å². The molecule has 1 heterocycles. The van der Waals surface area contributed by atoms with Gasteiger partial charge >= 0.3 is 6.18 Å². The van der Waals surface area contributed by atoms with Gasteiger partial charge in [0.1, 0.15) is 11.5 Å². The van der Waals surface area contributed by atoms with Crippen LogP contribution in [-0.4, -0.2) is 49.9 Å². The van der Waals surface area contributed by atoms with E-state index in [-0.39, 0.29) is 34.2 Å². The van der Waals surface area contributed by atoms with Crippen LogP contribution in [0.15, 0.2) is 33.0 Å². The largest absolute Gasteiger partial charge is 0.419 e. The second-order valence-electron chi connectivity index (χ2n) is 5.10. The average molecular weight is 395 g/mol. The van der Waals surface area contributed by atoms with Crippen LogP contribution in [0.5, 0.6) is 0 Å². The third-order valence-electron chi connectivity index (χ3n) is 3.18. The molecule has 0 spiro atoms. The predicted octanol–water partition coefficient (Wildman–Crippen LogP) is 2.09. The number of thioether (sulfide) groups is 1. The second-order valence-corrected chi connectivity index (χ2v) is 6.11. The summed E-state index contributed by atoms with van der Waals surface area (Å²) in [5, 5.41) is 37.5. The van der Waals surface area contributed by atoms with E-state index in [0.29, 0.717) is 12.1 Å². The second kappa shape index (κ2) is 8.47. The van der Waals surface area contributed by atoms with Crippen molar-refractivity contribution < 1.29 is 37.6 Å². The highest BCUT2D eigenvalue weighted by molar-refractivity contribution is 7.99. The molecule has 0 aliphatic carbocycles. The van der Waals surface area contributed by atoms with Crippen LogP contribution >= 0.6 is 11.8 Å². The summed E-state index contributed by atoms with van der Waals surface area (Å²) in [6, 6.07) is 2.39. The van der Waals surface area contributed by atoms with Crippen molar-refractivity contribution in [3.63, 3.8) is 0 Å². The molecule has 0 bridgehead atoms. The zero-order valence-corrected chi connectivity index (χ0v) is 13.8. The van der Waals surface area contributed by atoms with Gasteiger partial charge in [0.25, 0.3) is 0 Å². The first kappa shape index (κ1) is 20.1. The van der Waals surface area contributed by atoms with Crippen molar-refractivity contribution in [3.05, 3.63) is 40.8 Å². The number of alkyl halides is 3. The van der Waals surface area contributed by atoms with E-state index >= 15 is 0 Å². The van der Waals surface area contributed by atoms with Gasteiger partial charge in [-0.1, -0.05) is 23.0 Å². The Balaban J connectivity index is 2.23. The number of hydrogen-bond donors (Lipinski definition) is 3. The molecule has 0 saturated heterocycles. The van der Waals surface area contributed by atoms with Crippen LogP contribution in [0.3, 0.4) is 0 Å². The minimum Gasteiger partial charge on any atom is -0.411 e. The number of oxime groups is 1. The lowest BCUT2D eigenvalue weighted by Crippen LogP contribution is -2.15. The predicted molar refractivity (Wildman–Crippen MR) is 81.5 cm³/mol. The molecule has 0 aliphatic heterocycles. The third-order valence-corrected chi connectivity index (χ3v) is 4.28. The van der Waals surface area contributed by atoms with Crippen molar-refractivity contribution in [2.24, 2.45) is 5.16 Å². The van der Waals surface area contributed by atoms with Crippen molar-refractivity contribution in [2.75, 3.05) is 12.4 Å². The molecule has 0 saturated carbocycles. The molecule has 0 fully saturated rings. The molecular formula is C14H13F4N3O4S. The van der Waals surface area contributed by atoms with E-state index in [2.05, 4.69) is 20.1 Å². The molecule has 0 radical (unpaired) electrons. The fourth-order valence-electron chi connectivity index (χ4n) is 1.94. The van der Waals surface area contributed by atoms with Gasteiger partial charge < -0.3 is 15.4 Å². The molecule has 0 unspecified atom stereocenters. The van der Waals surface area contributed by atoms with Crippen LogP contribution in [0.1, 0.15) is 16.8 Å². The van der Waals surface area contributed by atoms with Gasteiger partial charge in [0.2, 0.25) is 0 Å². The van der Waals surface area contributed by atoms with Gasteiger partial charge in [0.15, 0.2) is 10.7 Å². The summed E-state index contributed by atoms with van der Waals surface area (Å²) < 4.78 is 56.3. The van der Waals surface area contributed by atoms with Gasteiger partial charge in [-0.2, -0.15) is 13.2 Å². The molecule has 26 heavy (non-hydrogen) atoms. The lowest BCUT2D eigenvalue weighted by atomic mass is 10.0. The van der Waals surface area contributed by atoms with Gasteiger partial charge in [0.05, 0.1) is 18.3 Å². The van der Waals surface area contributed by atoms with Gasteiger partial charge in [0, 0.05) is 12.2 Å². The van der Waals surface area contributed by atoms with Gasteiger partial charge in [-0.05, 0) is 28.0 Å². The molecule has 1 atom stereocenters. The first-order valence-electron chi connectivity index (χ1n) is 7.07. The highest BCUT2D eigenvalue weighted by Gasteiger charge is 2.34. The summed E-state index contributed by atoms with van der Waals surface area (Å²) in [6.07, 6.45) is -6.21. The average Bonchev–Trinajstić information content (AvgIpc) is 3.06. The molecule has 2 rings (SSSR count). The SMILES string of the molecule is OC[C@H](O)CSc1nonc1/C(Cc1ccc(F)c(C(F)(F)F)c1)=N/O. The molecule has 1 aromatic heterocycles. The lowest BCUT2D eigenvalue weighted by Gasteiger charge is -2.10. The van der Waals surface area contributed by atoms with Crippen molar-refractivity contribution in [2.45, 2.75) is 23.7 Å².